The number of methoxy groups -OCH3 is 1. The highest BCUT2D eigenvalue weighted by atomic mass is 16.5. The molecule has 19 heavy (non-hydrogen) atoms. The lowest BCUT2D eigenvalue weighted by molar-refractivity contribution is 0.0848. The molecule has 1 aliphatic heterocycles. The van der Waals surface area contributed by atoms with Crippen molar-refractivity contribution in [3.63, 3.8) is 0 Å². The number of ketones is 1. The van der Waals surface area contributed by atoms with Gasteiger partial charge in [-0.1, -0.05) is 0 Å². The van der Waals surface area contributed by atoms with Crippen molar-refractivity contribution in [3.8, 4) is 5.75 Å². The third-order valence-corrected chi connectivity index (χ3v) is 3.45. The minimum atomic E-state index is 0.0820. The van der Waals surface area contributed by atoms with Crippen molar-refractivity contribution in [1.82, 2.24) is 9.78 Å². The second kappa shape index (κ2) is 6.19. The highest BCUT2D eigenvalue weighted by Gasteiger charge is 2.23. The van der Waals surface area contributed by atoms with Crippen molar-refractivity contribution < 1.29 is 14.3 Å². The molecule has 1 aliphatic rings. The van der Waals surface area contributed by atoms with Crippen LogP contribution in [0, 0.1) is 0 Å². The predicted octanol–water partition coefficient (Wildman–Crippen LogP) is 2.61. The number of aromatic nitrogens is 2. The Morgan fingerprint density at radius 2 is 2.42 bits per heavy atom. The summed E-state index contributed by atoms with van der Waals surface area (Å²) in [5.74, 6) is 0.643. The first-order valence-electron chi connectivity index (χ1n) is 6.89. The lowest BCUT2D eigenvalue weighted by atomic mass is 10.1. The molecule has 2 rings (SSSR count). The standard InChI is InChI=1S/C14H22N2O3/c1-10(2)16-14(13(18-3)9-15-16)12(17)7-6-11-5-4-8-19-11/h9-11H,4-8H2,1-3H3. The van der Waals surface area contributed by atoms with Crippen LogP contribution in [0.2, 0.25) is 0 Å². The quantitative estimate of drug-likeness (QED) is 0.743. The zero-order chi connectivity index (χ0) is 13.8. The minimum Gasteiger partial charge on any atom is -0.493 e. The van der Waals surface area contributed by atoms with Crippen LogP contribution in [0.25, 0.3) is 0 Å². The molecule has 0 radical (unpaired) electrons. The smallest absolute Gasteiger partial charge is 0.184 e. The van der Waals surface area contributed by atoms with Gasteiger partial charge in [0.05, 0.1) is 19.4 Å². The van der Waals surface area contributed by atoms with Gasteiger partial charge in [0.2, 0.25) is 0 Å². The molecule has 0 aliphatic carbocycles. The molecule has 1 fully saturated rings. The maximum absolute atomic E-state index is 12.4. The SMILES string of the molecule is COc1cnn(C(C)C)c1C(=O)CCC1CCCO1. The van der Waals surface area contributed by atoms with Gasteiger partial charge in [0, 0.05) is 19.1 Å². The monoisotopic (exact) mass is 266 g/mol. The normalized spacial score (nSPS) is 19.1. The van der Waals surface area contributed by atoms with Crippen LogP contribution < -0.4 is 4.74 Å². The Balaban J connectivity index is 2.06. The second-order valence-corrected chi connectivity index (χ2v) is 5.20. The molecule has 1 atom stereocenters. The van der Waals surface area contributed by atoms with Gasteiger partial charge >= 0.3 is 0 Å². The summed E-state index contributed by atoms with van der Waals surface area (Å²) in [6.07, 6.45) is 5.29. The van der Waals surface area contributed by atoms with Crippen LogP contribution in [0.3, 0.4) is 0 Å². The van der Waals surface area contributed by atoms with Crippen LogP contribution >= 0.6 is 0 Å². The summed E-state index contributed by atoms with van der Waals surface area (Å²) in [5.41, 5.74) is 0.579. The van der Waals surface area contributed by atoms with E-state index in [9.17, 15) is 4.79 Å². The summed E-state index contributed by atoms with van der Waals surface area (Å²) in [4.78, 5) is 12.4. The fourth-order valence-corrected chi connectivity index (χ4v) is 2.43. The van der Waals surface area contributed by atoms with Crippen molar-refractivity contribution >= 4 is 5.78 Å². The average molecular weight is 266 g/mol. The van der Waals surface area contributed by atoms with E-state index in [1.54, 1.807) is 18.0 Å². The van der Waals surface area contributed by atoms with Gasteiger partial charge < -0.3 is 9.47 Å². The summed E-state index contributed by atoms with van der Waals surface area (Å²) in [6, 6.07) is 0.144. The van der Waals surface area contributed by atoms with Gasteiger partial charge in [-0.05, 0) is 33.1 Å². The van der Waals surface area contributed by atoms with Crippen molar-refractivity contribution in [3.05, 3.63) is 11.9 Å². The molecule has 0 saturated carbocycles. The third kappa shape index (κ3) is 3.15. The lowest BCUT2D eigenvalue weighted by Gasteiger charge is -2.12. The fourth-order valence-electron chi connectivity index (χ4n) is 2.43. The van der Waals surface area contributed by atoms with E-state index in [1.807, 2.05) is 13.8 Å². The molecule has 5 heteroatoms. The molecular weight excluding hydrogens is 244 g/mol. The molecule has 1 aromatic rings. The van der Waals surface area contributed by atoms with Gasteiger partial charge in [0.25, 0.3) is 0 Å². The van der Waals surface area contributed by atoms with E-state index in [-0.39, 0.29) is 17.9 Å². The van der Waals surface area contributed by atoms with Crippen LogP contribution in [0.15, 0.2) is 6.20 Å². The number of nitrogens with zero attached hydrogens (tertiary/aromatic N) is 2. The molecule has 0 amide bonds. The van der Waals surface area contributed by atoms with Gasteiger partial charge in [-0.25, -0.2) is 0 Å². The molecule has 0 N–H and O–H groups in total. The van der Waals surface area contributed by atoms with Gasteiger partial charge in [0.1, 0.15) is 5.69 Å². The summed E-state index contributed by atoms with van der Waals surface area (Å²) in [6.45, 7) is 4.83. The Kier molecular flexibility index (Phi) is 4.58. The topological polar surface area (TPSA) is 53.4 Å². The number of hydrogen-bond acceptors (Lipinski definition) is 4. The molecule has 2 heterocycles. The van der Waals surface area contributed by atoms with E-state index in [0.29, 0.717) is 17.9 Å². The van der Waals surface area contributed by atoms with E-state index in [1.165, 1.54) is 0 Å². The first-order chi connectivity index (χ1) is 9.13. The van der Waals surface area contributed by atoms with E-state index in [4.69, 9.17) is 9.47 Å². The third-order valence-electron chi connectivity index (χ3n) is 3.45. The molecule has 0 aromatic carbocycles. The van der Waals surface area contributed by atoms with Gasteiger partial charge in [0.15, 0.2) is 11.5 Å². The van der Waals surface area contributed by atoms with Crippen LogP contribution in [0.4, 0.5) is 0 Å². The van der Waals surface area contributed by atoms with E-state index < -0.39 is 0 Å². The molecule has 1 saturated heterocycles. The molecule has 1 unspecified atom stereocenters. The first-order valence-corrected chi connectivity index (χ1v) is 6.89. The van der Waals surface area contributed by atoms with E-state index in [0.717, 1.165) is 25.9 Å². The highest BCUT2D eigenvalue weighted by Crippen LogP contribution is 2.24. The number of carbonyl (C=O) groups excluding carboxylic acids is 1. The summed E-state index contributed by atoms with van der Waals surface area (Å²) in [5, 5.41) is 4.23. The zero-order valence-corrected chi connectivity index (χ0v) is 11.9. The van der Waals surface area contributed by atoms with Crippen LogP contribution in [-0.4, -0.2) is 35.4 Å². The van der Waals surface area contributed by atoms with Gasteiger partial charge in [-0.2, -0.15) is 5.10 Å². The molecular formula is C14H22N2O3. The maximum atomic E-state index is 12.4. The Labute approximate surface area is 113 Å². The number of rotatable bonds is 6. The summed E-state index contributed by atoms with van der Waals surface area (Å²) >= 11 is 0. The lowest BCUT2D eigenvalue weighted by Crippen LogP contribution is -2.15. The molecule has 1 aromatic heterocycles. The number of carbonyl (C=O) groups is 1. The average Bonchev–Trinajstić information content (AvgIpc) is 3.04. The Morgan fingerprint density at radius 3 is 3.00 bits per heavy atom. The largest absolute Gasteiger partial charge is 0.493 e. The summed E-state index contributed by atoms with van der Waals surface area (Å²) in [7, 11) is 1.57. The summed E-state index contributed by atoms with van der Waals surface area (Å²) < 4.78 is 12.5. The first kappa shape index (κ1) is 14.1. The zero-order valence-electron chi connectivity index (χ0n) is 11.9. The van der Waals surface area contributed by atoms with E-state index in [2.05, 4.69) is 5.10 Å². The molecule has 5 nitrogen and oxygen atoms in total. The minimum absolute atomic E-state index is 0.0820. The van der Waals surface area contributed by atoms with Gasteiger partial charge in [-0.15, -0.1) is 0 Å². The van der Waals surface area contributed by atoms with Gasteiger partial charge in [-0.3, -0.25) is 9.48 Å². The second-order valence-electron chi connectivity index (χ2n) is 5.20. The van der Waals surface area contributed by atoms with Crippen molar-refractivity contribution in [2.24, 2.45) is 0 Å². The predicted molar refractivity (Wildman–Crippen MR) is 71.7 cm³/mol. The fraction of sp³-hybridized carbons (Fsp3) is 0.714. The Bertz CT molecular complexity index is 434. The van der Waals surface area contributed by atoms with Crippen LogP contribution in [0.5, 0.6) is 5.75 Å². The van der Waals surface area contributed by atoms with Crippen molar-refractivity contribution in [1.29, 1.82) is 0 Å². The van der Waals surface area contributed by atoms with Crippen molar-refractivity contribution in [2.45, 2.75) is 51.7 Å². The maximum Gasteiger partial charge on any atom is 0.184 e. The highest BCUT2D eigenvalue weighted by molar-refractivity contribution is 5.97. The van der Waals surface area contributed by atoms with Crippen LogP contribution in [0.1, 0.15) is 56.1 Å². The van der Waals surface area contributed by atoms with Crippen LogP contribution in [-0.2, 0) is 4.74 Å². The Morgan fingerprint density at radius 1 is 1.63 bits per heavy atom. The molecule has 0 spiro atoms. The number of hydrogen-bond donors (Lipinski definition) is 0. The number of ether oxygens (including phenoxy) is 2. The molecule has 106 valence electrons. The molecule has 0 bridgehead atoms. The number of Topliss-reactive ketones (excluding diaryl/α,β-unsaturated/α-hetero) is 1. The van der Waals surface area contributed by atoms with E-state index >= 15 is 0 Å². The van der Waals surface area contributed by atoms with Crippen molar-refractivity contribution in [2.75, 3.05) is 13.7 Å². The Hall–Kier alpha value is -1.36.